The molecule has 0 N–H and O–H groups in total. The van der Waals surface area contributed by atoms with Crippen molar-refractivity contribution in [3.05, 3.63) is 41.4 Å². The van der Waals surface area contributed by atoms with Crippen LogP contribution in [0, 0.1) is 6.92 Å². The van der Waals surface area contributed by atoms with Gasteiger partial charge in [-0.15, -0.1) is 0 Å². The van der Waals surface area contributed by atoms with Crippen molar-refractivity contribution in [2.45, 2.75) is 6.92 Å². The largest absolute Gasteiger partial charge is 0.455 e. The molecular formula is C10H9NOS. The van der Waals surface area contributed by atoms with Gasteiger partial charge in [-0.1, -0.05) is 12.1 Å². The highest BCUT2D eigenvalue weighted by molar-refractivity contribution is 7.03. The molecule has 3 heteroatoms. The van der Waals surface area contributed by atoms with Gasteiger partial charge >= 0.3 is 0 Å². The van der Waals surface area contributed by atoms with Crippen LogP contribution in [0.2, 0.25) is 0 Å². The number of rotatable bonds is 2. The Morgan fingerprint density at radius 2 is 2.23 bits per heavy atom. The van der Waals surface area contributed by atoms with Crippen molar-refractivity contribution in [2.24, 2.45) is 0 Å². The number of hydrogen-bond donors (Lipinski definition) is 0. The predicted molar refractivity (Wildman–Crippen MR) is 53.4 cm³/mol. The van der Waals surface area contributed by atoms with E-state index in [9.17, 15) is 0 Å². The average molecular weight is 191 g/mol. The first-order chi connectivity index (χ1) is 6.34. The smallest absolute Gasteiger partial charge is 0.158 e. The summed E-state index contributed by atoms with van der Waals surface area (Å²) >= 11 is 1.39. The van der Waals surface area contributed by atoms with E-state index in [2.05, 4.69) is 4.37 Å². The molecule has 0 bridgehead atoms. The van der Waals surface area contributed by atoms with Crippen molar-refractivity contribution in [1.82, 2.24) is 4.37 Å². The second-order valence-corrected chi connectivity index (χ2v) is 3.44. The lowest BCUT2D eigenvalue weighted by atomic mass is 10.2. The summed E-state index contributed by atoms with van der Waals surface area (Å²) in [6, 6.07) is 7.95. The fourth-order valence-electron chi connectivity index (χ4n) is 1.06. The van der Waals surface area contributed by atoms with Gasteiger partial charge in [0.05, 0.1) is 11.6 Å². The molecule has 0 saturated carbocycles. The Bertz CT molecular complexity index is 384. The SMILES string of the molecule is Cc1cccc(Oc2cnsc2)c1. The Morgan fingerprint density at radius 3 is 2.92 bits per heavy atom. The van der Waals surface area contributed by atoms with Gasteiger partial charge < -0.3 is 4.74 Å². The van der Waals surface area contributed by atoms with Crippen LogP contribution in [-0.4, -0.2) is 4.37 Å². The van der Waals surface area contributed by atoms with E-state index in [1.165, 1.54) is 17.1 Å². The van der Waals surface area contributed by atoms with Crippen LogP contribution in [0.1, 0.15) is 5.56 Å². The van der Waals surface area contributed by atoms with E-state index in [0.717, 1.165) is 11.5 Å². The lowest BCUT2D eigenvalue weighted by molar-refractivity contribution is 0.483. The number of aryl methyl sites for hydroxylation is 1. The lowest BCUT2D eigenvalue weighted by Gasteiger charge is -2.02. The molecular weight excluding hydrogens is 182 g/mol. The maximum absolute atomic E-state index is 5.55. The second-order valence-electron chi connectivity index (χ2n) is 2.78. The molecule has 66 valence electrons. The third-order valence-electron chi connectivity index (χ3n) is 1.63. The van der Waals surface area contributed by atoms with Gasteiger partial charge in [0.1, 0.15) is 5.75 Å². The van der Waals surface area contributed by atoms with E-state index in [1.807, 2.05) is 36.6 Å². The van der Waals surface area contributed by atoms with E-state index in [-0.39, 0.29) is 0 Å². The van der Waals surface area contributed by atoms with Gasteiger partial charge in [-0.2, -0.15) is 4.37 Å². The van der Waals surface area contributed by atoms with E-state index in [4.69, 9.17) is 4.74 Å². The van der Waals surface area contributed by atoms with Crippen LogP contribution in [0.25, 0.3) is 0 Å². The first-order valence-corrected chi connectivity index (χ1v) is 4.82. The molecule has 2 rings (SSSR count). The zero-order chi connectivity index (χ0) is 9.10. The fourth-order valence-corrected chi connectivity index (χ4v) is 1.50. The third-order valence-corrected chi connectivity index (χ3v) is 2.20. The number of ether oxygens (including phenoxy) is 1. The van der Waals surface area contributed by atoms with Crippen molar-refractivity contribution < 1.29 is 4.74 Å². The standard InChI is InChI=1S/C10H9NOS/c1-8-3-2-4-9(5-8)12-10-6-11-13-7-10/h2-7H,1H3. The third kappa shape index (κ3) is 2.06. The summed E-state index contributed by atoms with van der Waals surface area (Å²) < 4.78 is 9.50. The number of aromatic nitrogens is 1. The molecule has 0 atom stereocenters. The Kier molecular flexibility index (Phi) is 2.27. The summed E-state index contributed by atoms with van der Waals surface area (Å²) in [4.78, 5) is 0. The van der Waals surface area contributed by atoms with Crippen LogP contribution in [0.15, 0.2) is 35.8 Å². The van der Waals surface area contributed by atoms with E-state index in [1.54, 1.807) is 6.20 Å². The summed E-state index contributed by atoms with van der Waals surface area (Å²) in [7, 11) is 0. The molecule has 0 aliphatic heterocycles. The molecule has 0 unspecified atom stereocenters. The Balaban J connectivity index is 2.19. The van der Waals surface area contributed by atoms with Crippen LogP contribution >= 0.6 is 11.5 Å². The van der Waals surface area contributed by atoms with Crippen molar-refractivity contribution in [1.29, 1.82) is 0 Å². The van der Waals surface area contributed by atoms with E-state index < -0.39 is 0 Å². The van der Waals surface area contributed by atoms with Crippen LogP contribution in [0.5, 0.6) is 11.5 Å². The van der Waals surface area contributed by atoms with Gasteiger partial charge in [0.2, 0.25) is 0 Å². The lowest BCUT2D eigenvalue weighted by Crippen LogP contribution is -1.81. The van der Waals surface area contributed by atoms with E-state index in [0.29, 0.717) is 0 Å². The maximum atomic E-state index is 5.55. The van der Waals surface area contributed by atoms with Gasteiger partial charge in [0, 0.05) is 0 Å². The molecule has 2 nitrogen and oxygen atoms in total. The van der Waals surface area contributed by atoms with Gasteiger partial charge in [-0.05, 0) is 36.2 Å². The highest BCUT2D eigenvalue weighted by Gasteiger charge is 1.97. The van der Waals surface area contributed by atoms with Crippen LogP contribution in [-0.2, 0) is 0 Å². The molecule has 0 saturated heterocycles. The first-order valence-electron chi connectivity index (χ1n) is 3.98. The van der Waals surface area contributed by atoms with Gasteiger partial charge in [-0.25, -0.2) is 0 Å². The molecule has 13 heavy (non-hydrogen) atoms. The molecule has 0 aliphatic carbocycles. The molecule has 0 fully saturated rings. The normalized spacial score (nSPS) is 9.92. The topological polar surface area (TPSA) is 22.1 Å². The molecule has 1 heterocycles. The van der Waals surface area contributed by atoms with Crippen molar-refractivity contribution >= 4 is 11.5 Å². The Hall–Kier alpha value is -1.35. The van der Waals surface area contributed by atoms with Crippen LogP contribution in [0.3, 0.4) is 0 Å². The summed E-state index contributed by atoms with van der Waals surface area (Å²) in [6.07, 6.45) is 1.72. The summed E-state index contributed by atoms with van der Waals surface area (Å²) in [5.74, 6) is 1.66. The monoisotopic (exact) mass is 191 g/mol. The highest BCUT2D eigenvalue weighted by Crippen LogP contribution is 2.22. The molecule has 1 aromatic carbocycles. The number of nitrogens with zero attached hydrogens (tertiary/aromatic N) is 1. The molecule has 0 spiro atoms. The zero-order valence-electron chi connectivity index (χ0n) is 7.23. The fraction of sp³-hybridized carbons (Fsp3) is 0.100. The number of hydrogen-bond acceptors (Lipinski definition) is 3. The van der Waals surface area contributed by atoms with Crippen LogP contribution in [0.4, 0.5) is 0 Å². The molecule has 0 amide bonds. The van der Waals surface area contributed by atoms with Gasteiger partial charge in [0.25, 0.3) is 0 Å². The van der Waals surface area contributed by atoms with Gasteiger partial charge in [-0.3, -0.25) is 0 Å². The van der Waals surface area contributed by atoms with Crippen molar-refractivity contribution in [2.75, 3.05) is 0 Å². The summed E-state index contributed by atoms with van der Waals surface area (Å²) in [5.41, 5.74) is 1.20. The minimum atomic E-state index is 0.801. The minimum absolute atomic E-state index is 0.801. The predicted octanol–water partition coefficient (Wildman–Crippen LogP) is 3.24. The first kappa shape index (κ1) is 8.26. The minimum Gasteiger partial charge on any atom is -0.455 e. The maximum Gasteiger partial charge on any atom is 0.158 e. The molecule has 0 aliphatic rings. The molecule has 1 aromatic heterocycles. The highest BCUT2D eigenvalue weighted by atomic mass is 32.1. The van der Waals surface area contributed by atoms with Crippen molar-refractivity contribution in [3.63, 3.8) is 0 Å². The van der Waals surface area contributed by atoms with Crippen LogP contribution < -0.4 is 4.74 Å². The average Bonchev–Trinajstić information content (AvgIpc) is 2.57. The van der Waals surface area contributed by atoms with E-state index >= 15 is 0 Å². The summed E-state index contributed by atoms with van der Waals surface area (Å²) in [6.45, 7) is 2.04. The summed E-state index contributed by atoms with van der Waals surface area (Å²) in [5, 5.41) is 1.88. The number of benzene rings is 1. The Morgan fingerprint density at radius 1 is 1.31 bits per heavy atom. The zero-order valence-corrected chi connectivity index (χ0v) is 8.04. The molecule has 2 aromatic rings. The molecule has 0 radical (unpaired) electrons. The quantitative estimate of drug-likeness (QED) is 0.727. The Labute approximate surface area is 81.0 Å². The van der Waals surface area contributed by atoms with Gasteiger partial charge in [0.15, 0.2) is 5.75 Å². The second kappa shape index (κ2) is 3.58. The van der Waals surface area contributed by atoms with Crippen molar-refractivity contribution in [3.8, 4) is 11.5 Å².